The Bertz CT molecular complexity index is 573. The van der Waals surface area contributed by atoms with Crippen molar-refractivity contribution in [1.82, 2.24) is 5.32 Å². The van der Waals surface area contributed by atoms with E-state index in [4.69, 9.17) is 10.4 Å². The van der Waals surface area contributed by atoms with Gasteiger partial charge >= 0.3 is 12.0 Å². The van der Waals surface area contributed by atoms with Crippen LogP contribution in [0.1, 0.15) is 24.8 Å². The van der Waals surface area contributed by atoms with E-state index in [0.717, 1.165) is 12.8 Å². The molecular formula is C15H17N3O3. The van der Waals surface area contributed by atoms with Crippen molar-refractivity contribution in [3.63, 3.8) is 0 Å². The zero-order valence-corrected chi connectivity index (χ0v) is 11.7. The predicted molar refractivity (Wildman–Crippen MR) is 76.9 cm³/mol. The molecule has 2 amide bonds. The molecule has 6 nitrogen and oxygen atoms in total. The average molecular weight is 287 g/mol. The Morgan fingerprint density at radius 3 is 2.52 bits per heavy atom. The molecule has 0 aliphatic heterocycles. The molecule has 1 unspecified atom stereocenters. The van der Waals surface area contributed by atoms with Gasteiger partial charge in [-0.2, -0.15) is 5.26 Å². The van der Waals surface area contributed by atoms with E-state index in [1.54, 1.807) is 31.3 Å². The van der Waals surface area contributed by atoms with Gasteiger partial charge < -0.3 is 10.4 Å². The second kappa shape index (κ2) is 6.27. The fourth-order valence-electron chi connectivity index (χ4n) is 2.15. The number of aliphatic carboxylic acids is 1. The monoisotopic (exact) mass is 287 g/mol. The number of carbonyl (C=O) groups excluding carboxylic acids is 1. The van der Waals surface area contributed by atoms with Crippen molar-refractivity contribution in [2.75, 3.05) is 11.9 Å². The maximum absolute atomic E-state index is 12.2. The van der Waals surface area contributed by atoms with Gasteiger partial charge in [-0.05, 0) is 43.0 Å². The molecule has 0 bridgehead atoms. The number of amides is 2. The third-order valence-corrected chi connectivity index (χ3v) is 3.58. The van der Waals surface area contributed by atoms with Crippen LogP contribution in [0.4, 0.5) is 10.5 Å². The van der Waals surface area contributed by atoms with Gasteiger partial charge in [0.1, 0.15) is 0 Å². The number of urea groups is 1. The first-order chi connectivity index (χ1) is 10.0. The lowest BCUT2D eigenvalue weighted by Crippen LogP contribution is -2.45. The van der Waals surface area contributed by atoms with Gasteiger partial charge in [-0.25, -0.2) is 4.79 Å². The van der Waals surface area contributed by atoms with Gasteiger partial charge in [0.25, 0.3) is 0 Å². The first kappa shape index (κ1) is 14.9. The normalized spacial score (nSPS) is 14.9. The van der Waals surface area contributed by atoms with Crippen molar-refractivity contribution in [2.24, 2.45) is 5.92 Å². The lowest BCUT2D eigenvalue weighted by molar-refractivity contribution is -0.137. The fourth-order valence-corrected chi connectivity index (χ4v) is 2.15. The Kier molecular flexibility index (Phi) is 4.43. The number of anilines is 1. The highest BCUT2D eigenvalue weighted by Crippen LogP contribution is 2.34. The number of benzene rings is 1. The van der Waals surface area contributed by atoms with Crippen LogP contribution in [0.25, 0.3) is 0 Å². The van der Waals surface area contributed by atoms with Crippen LogP contribution in [-0.4, -0.2) is 30.2 Å². The Morgan fingerprint density at radius 2 is 2.05 bits per heavy atom. The Morgan fingerprint density at radius 1 is 1.43 bits per heavy atom. The molecule has 21 heavy (non-hydrogen) atoms. The molecule has 0 heterocycles. The van der Waals surface area contributed by atoms with Gasteiger partial charge in [-0.3, -0.25) is 9.69 Å². The summed E-state index contributed by atoms with van der Waals surface area (Å²) >= 11 is 0. The van der Waals surface area contributed by atoms with Crippen molar-refractivity contribution in [3.8, 4) is 6.07 Å². The SMILES string of the molecule is CN(C(=O)NC(CC(=O)O)C1CC1)c1ccc(C#N)cc1. The molecule has 1 aromatic rings. The predicted octanol–water partition coefficient (Wildman–Crippen LogP) is 1.96. The minimum atomic E-state index is -0.909. The first-order valence-electron chi connectivity index (χ1n) is 6.77. The minimum Gasteiger partial charge on any atom is -0.481 e. The second-order valence-electron chi connectivity index (χ2n) is 5.21. The molecule has 0 spiro atoms. The summed E-state index contributed by atoms with van der Waals surface area (Å²) in [6, 6.07) is 7.99. The highest BCUT2D eigenvalue weighted by molar-refractivity contribution is 5.91. The molecule has 0 aromatic heterocycles. The molecule has 1 aliphatic rings. The van der Waals surface area contributed by atoms with E-state index in [1.165, 1.54) is 4.90 Å². The third-order valence-electron chi connectivity index (χ3n) is 3.58. The maximum Gasteiger partial charge on any atom is 0.321 e. The summed E-state index contributed by atoms with van der Waals surface area (Å²) in [5.41, 5.74) is 1.17. The molecule has 110 valence electrons. The minimum absolute atomic E-state index is 0.0579. The van der Waals surface area contributed by atoms with Gasteiger partial charge in [0.2, 0.25) is 0 Å². The van der Waals surface area contributed by atoms with Gasteiger partial charge in [0.15, 0.2) is 0 Å². The molecule has 1 saturated carbocycles. The topological polar surface area (TPSA) is 93.4 Å². The highest BCUT2D eigenvalue weighted by atomic mass is 16.4. The molecule has 0 saturated heterocycles. The second-order valence-corrected chi connectivity index (χ2v) is 5.21. The van der Waals surface area contributed by atoms with Crippen molar-refractivity contribution in [3.05, 3.63) is 29.8 Å². The summed E-state index contributed by atoms with van der Waals surface area (Å²) in [6.45, 7) is 0. The van der Waals surface area contributed by atoms with Crippen LogP contribution in [0.5, 0.6) is 0 Å². The summed E-state index contributed by atoms with van der Waals surface area (Å²) in [5.74, 6) is -0.646. The lowest BCUT2D eigenvalue weighted by Gasteiger charge is -2.22. The van der Waals surface area contributed by atoms with E-state index in [0.29, 0.717) is 11.3 Å². The number of hydrogen-bond acceptors (Lipinski definition) is 3. The van der Waals surface area contributed by atoms with E-state index in [-0.39, 0.29) is 24.4 Å². The van der Waals surface area contributed by atoms with Crippen LogP contribution in [-0.2, 0) is 4.79 Å². The molecule has 1 aromatic carbocycles. The van der Waals surface area contributed by atoms with Gasteiger partial charge in [-0.15, -0.1) is 0 Å². The van der Waals surface area contributed by atoms with E-state index in [2.05, 4.69) is 5.32 Å². The number of nitriles is 1. The van der Waals surface area contributed by atoms with Crippen LogP contribution in [0, 0.1) is 17.2 Å². The number of hydrogen-bond donors (Lipinski definition) is 2. The zero-order valence-electron chi connectivity index (χ0n) is 11.7. The average Bonchev–Trinajstić information content (AvgIpc) is 3.30. The Labute approximate surface area is 123 Å². The van der Waals surface area contributed by atoms with Crippen LogP contribution in [0.2, 0.25) is 0 Å². The number of nitrogens with zero attached hydrogens (tertiary/aromatic N) is 2. The number of rotatable bonds is 5. The molecule has 1 atom stereocenters. The van der Waals surface area contributed by atoms with Crippen LogP contribution >= 0.6 is 0 Å². The number of carbonyl (C=O) groups is 2. The molecule has 6 heteroatoms. The van der Waals surface area contributed by atoms with E-state index < -0.39 is 5.97 Å². The van der Waals surface area contributed by atoms with Gasteiger partial charge in [0, 0.05) is 18.8 Å². The van der Waals surface area contributed by atoms with E-state index >= 15 is 0 Å². The third kappa shape index (κ3) is 3.96. The summed E-state index contributed by atoms with van der Waals surface area (Å²) in [5, 5.41) is 20.4. The molecule has 0 radical (unpaired) electrons. The lowest BCUT2D eigenvalue weighted by atomic mass is 10.1. The van der Waals surface area contributed by atoms with Crippen molar-refractivity contribution >= 4 is 17.7 Å². The van der Waals surface area contributed by atoms with Crippen LogP contribution in [0.15, 0.2) is 24.3 Å². The van der Waals surface area contributed by atoms with Gasteiger partial charge in [0.05, 0.1) is 18.1 Å². The Hall–Kier alpha value is -2.55. The molecule has 2 N–H and O–H groups in total. The van der Waals surface area contributed by atoms with Crippen molar-refractivity contribution < 1.29 is 14.7 Å². The summed E-state index contributed by atoms with van der Waals surface area (Å²) in [7, 11) is 1.61. The molecular weight excluding hydrogens is 270 g/mol. The smallest absolute Gasteiger partial charge is 0.321 e. The first-order valence-corrected chi connectivity index (χ1v) is 6.77. The standard InChI is InChI=1S/C15H17N3O3/c1-18(12-6-2-10(9-16)3-7-12)15(21)17-13(8-14(19)20)11-4-5-11/h2-3,6-7,11,13H,4-5,8H2,1H3,(H,17,21)(H,19,20). The van der Waals surface area contributed by atoms with Crippen molar-refractivity contribution in [2.45, 2.75) is 25.3 Å². The number of carboxylic acids is 1. The summed E-state index contributed by atoms with van der Waals surface area (Å²) < 4.78 is 0. The fraction of sp³-hybridized carbons (Fsp3) is 0.400. The van der Waals surface area contributed by atoms with Crippen molar-refractivity contribution in [1.29, 1.82) is 5.26 Å². The highest BCUT2D eigenvalue weighted by Gasteiger charge is 2.34. The number of carboxylic acid groups (broad SMARTS) is 1. The number of nitrogens with one attached hydrogen (secondary N) is 1. The molecule has 1 fully saturated rings. The largest absolute Gasteiger partial charge is 0.481 e. The van der Waals surface area contributed by atoms with Crippen LogP contribution < -0.4 is 10.2 Å². The molecule has 2 rings (SSSR count). The van der Waals surface area contributed by atoms with E-state index in [1.807, 2.05) is 6.07 Å². The maximum atomic E-state index is 12.2. The molecule has 1 aliphatic carbocycles. The summed E-state index contributed by atoms with van der Waals surface area (Å²) in [4.78, 5) is 24.4. The zero-order chi connectivity index (χ0) is 15.4. The summed E-state index contributed by atoms with van der Waals surface area (Å²) in [6.07, 6.45) is 1.86. The van der Waals surface area contributed by atoms with E-state index in [9.17, 15) is 9.59 Å². The quantitative estimate of drug-likeness (QED) is 0.865. The van der Waals surface area contributed by atoms with Gasteiger partial charge in [-0.1, -0.05) is 0 Å². The Balaban J connectivity index is 2.00. The van der Waals surface area contributed by atoms with Crippen LogP contribution in [0.3, 0.4) is 0 Å².